The van der Waals surface area contributed by atoms with E-state index in [1.165, 1.54) is 12.1 Å². The van der Waals surface area contributed by atoms with Gasteiger partial charge in [-0.25, -0.2) is 9.38 Å². The molecule has 1 fully saturated rings. The van der Waals surface area contributed by atoms with Crippen molar-refractivity contribution in [2.24, 2.45) is 4.99 Å². The topological polar surface area (TPSA) is 54.4 Å². The molecule has 0 N–H and O–H groups in total. The zero-order chi connectivity index (χ0) is 22.9. The van der Waals surface area contributed by atoms with E-state index in [1.54, 1.807) is 24.1 Å². The van der Waals surface area contributed by atoms with Gasteiger partial charge in [0.25, 0.3) is 5.91 Å². The minimum atomic E-state index is -0.498. The molecule has 2 heterocycles. The summed E-state index contributed by atoms with van der Waals surface area (Å²) in [6, 6.07) is 19.3. The summed E-state index contributed by atoms with van der Waals surface area (Å²) in [4.78, 5) is 21.8. The molecule has 5 rings (SSSR count). The van der Waals surface area contributed by atoms with E-state index >= 15 is 0 Å². The molecular formula is C26H24FN3O3. The SMILES string of the molecule is COc1ccc2c(c1)Oc1ccccc1N=C2N1CCN(C(=O)c2ccccc2F)[C@@H](C)C1. The van der Waals surface area contributed by atoms with Crippen LogP contribution in [0.4, 0.5) is 10.1 Å². The van der Waals surface area contributed by atoms with Gasteiger partial charge < -0.3 is 19.3 Å². The van der Waals surface area contributed by atoms with Crippen LogP contribution in [0.1, 0.15) is 22.8 Å². The Morgan fingerprint density at radius 1 is 1.06 bits per heavy atom. The first-order valence-corrected chi connectivity index (χ1v) is 10.9. The van der Waals surface area contributed by atoms with Gasteiger partial charge in [0.15, 0.2) is 5.75 Å². The number of aliphatic imine (C=N–C) groups is 1. The van der Waals surface area contributed by atoms with Crippen LogP contribution in [-0.4, -0.2) is 54.3 Å². The van der Waals surface area contributed by atoms with Gasteiger partial charge >= 0.3 is 0 Å². The van der Waals surface area contributed by atoms with E-state index in [1.807, 2.05) is 49.4 Å². The molecule has 0 unspecified atom stereocenters. The van der Waals surface area contributed by atoms with E-state index in [4.69, 9.17) is 14.5 Å². The van der Waals surface area contributed by atoms with E-state index in [0.717, 1.165) is 17.1 Å². The Morgan fingerprint density at radius 3 is 2.64 bits per heavy atom. The fraction of sp³-hybridized carbons (Fsp3) is 0.231. The fourth-order valence-corrected chi connectivity index (χ4v) is 4.31. The maximum atomic E-state index is 14.2. The van der Waals surface area contributed by atoms with Crippen LogP contribution in [-0.2, 0) is 0 Å². The molecule has 0 bridgehead atoms. The lowest BCUT2D eigenvalue weighted by atomic mass is 10.1. The summed E-state index contributed by atoms with van der Waals surface area (Å²) in [6.45, 7) is 3.56. The van der Waals surface area contributed by atoms with Crippen LogP contribution in [0.3, 0.4) is 0 Å². The van der Waals surface area contributed by atoms with Crippen molar-refractivity contribution in [2.75, 3.05) is 26.7 Å². The number of ether oxygens (including phenoxy) is 2. The smallest absolute Gasteiger partial charge is 0.257 e. The van der Waals surface area contributed by atoms with Gasteiger partial charge in [-0.05, 0) is 43.3 Å². The standard InChI is InChI=1S/C26H24FN3O3/c1-17-16-29(13-14-30(17)26(31)19-7-3-4-8-21(19)27)25-20-12-11-18(32-2)15-24(20)33-23-10-6-5-9-22(23)28-25/h3-12,15,17H,13-14,16H2,1-2H3/t17-/m0/s1. The lowest BCUT2D eigenvalue weighted by molar-refractivity contribution is 0.0576. The van der Waals surface area contributed by atoms with E-state index in [9.17, 15) is 9.18 Å². The number of benzene rings is 3. The zero-order valence-electron chi connectivity index (χ0n) is 18.5. The first-order valence-electron chi connectivity index (χ1n) is 10.9. The van der Waals surface area contributed by atoms with Crippen LogP contribution < -0.4 is 9.47 Å². The Hall–Kier alpha value is -3.87. The molecule has 0 aliphatic carbocycles. The Balaban J connectivity index is 1.46. The molecule has 0 radical (unpaired) electrons. The van der Waals surface area contributed by atoms with Crippen LogP contribution in [0.15, 0.2) is 71.7 Å². The van der Waals surface area contributed by atoms with E-state index in [0.29, 0.717) is 36.9 Å². The Labute approximate surface area is 191 Å². The average molecular weight is 445 g/mol. The number of fused-ring (bicyclic) bond motifs is 2. The van der Waals surface area contributed by atoms with Crippen molar-refractivity contribution >= 4 is 17.4 Å². The summed E-state index contributed by atoms with van der Waals surface area (Å²) in [5.41, 5.74) is 1.69. The molecule has 6 nitrogen and oxygen atoms in total. The van der Waals surface area contributed by atoms with Gasteiger partial charge in [0.1, 0.15) is 28.8 Å². The number of nitrogens with zero attached hydrogens (tertiary/aromatic N) is 3. The van der Waals surface area contributed by atoms with Gasteiger partial charge in [0, 0.05) is 31.7 Å². The normalized spacial score (nSPS) is 17.3. The molecule has 1 atom stereocenters. The molecule has 1 saturated heterocycles. The number of piperazine rings is 1. The lowest BCUT2D eigenvalue weighted by Gasteiger charge is -2.41. The van der Waals surface area contributed by atoms with Gasteiger partial charge in [0.2, 0.25) is 0 Å². The summed E-state index contributed by atoms with van der Waals surface area (Å²) in [6.07, 6.45) is 0. The average Bonchev–Trinajstić information content (AvgIpc) is 3.00. The van der Waals surface area contributed by atoms with Crippen LogP contribution in [0.25, 0.3) is 0 Å². The van der Waals surface area contributed by atoms with Crippen LogP contribution in [0.2, 0.25) is 0 Å². The monoisotopic (exact) mass is 445 g/mol. The van der Waals surface area contributed by atoms with E-state index < -0.39 is 5.82 Å². The summed E-state index contributed by atoms with van der Waals surface area (Å²) in [5, 5.41) is 0. The van der Waals surface area contributed by atoms with Crippen molar-refractivity contribution in [2.45, 2.75) is 13.0 Å². The highest BCUT2D eigenvalue weighted by Gasteiger charge is 2.32. The number of halogens is 1. The van der Waals surface area contributed by atoms with Crippen LogP contribution in [0, 0.1) is 5.82 Å². The number of hydrogen-bond donors (Lipinski definition) is 0. The summed E-state index contributed by atoms with van der Waals surface area (Å²) in [7, 11) is 1.62. The maximum Gasteiger partial charge on any atom is 0.257 e. The Bertz CT molecular complexity index is 1240. The number of hydrogen-bond acceptors (Lipinski definition) is 5. The highest BCUT2D eigenvalue weighted by Crippen LogP contribution is 2.39. The predicted molar refractivity (Wildman–Crippen MR) is 124 cm³/mol. The largest absolute Gasteiger partial charge is 0.497 e. The van der Waals surface area contributed by atoms with Crippen molar-refractivity contribution < 1.29 is 18.7 Å². The second kappa shape index (κ2) is 8.58. The van der Waals surface area contributed by atoms with Crippen LogP contribution in [0.5, 0.6) is 17.2 Å². The molecule has 2 aliphatic rings. The lowest BCUT2D eigenvalue weighted by Crippen LogP contribution is -2.55. The minimum Gasteiger partial charge on any atom is -0.497 e. The molecule has 1 amide bonds. The third-order valence-electron chi connectivity index (χ3n) is 6.03. The van der Waals surface area contributed by atoms with Crippen molar-refractivity contribution in [3.8, 4) is 17.2 Å². The first kappa shape index (κ1) is 21.0. The van der Waals surface area contributed by atoms with Gasteiger partial charge in [-0.2, -0.15) is 0 Å². The minimum absolute atomic E-state index is 0.101. The molecule has 3 aromatic carbocycles. The van der Waals surface area contributed by atoms with Gasteiger partial charge in [-0.15, -0.1) is 0 Å². The fourth-order valence-electron chi connectivity index (χ4n) is 4.31. The molecule has 0 aromatic heterocycles. The number of amides is 1. The van der Waals surface area contributed by atoms with Gasteiger partial charge in [0.05, 0.1) is 18.2 Å². The van der Waals surface area contributed by atoms with E-state index in [2.05, 4.69) is 4.90 Å². The Morgan fingerprint density at radius 2 is 1.85 bits per heavy atom. The highest BCUT2D eigenvalue weighted by atomic mass is 19.1. The number of amidine groups is 1. The maximum absolute atomic E-state index is 14.2. The molecule has 0 spiro atoms. The predicted octanol–water partition coefficient (Wildman–Crippen LogP) is 4.86. The van der Waals surface area contributed by atoms with Crippen LogP contribution >= 0.6 is 0 Å². The summed E-state index contributed by atoms with van der Waals surface area (Å²) >= 11 is 0. The second-order valence-electron chi connectivity index (χ2n) is 8.14. The van der Waals surface area contributed by atoms with Crippen molar-refractivity contribution in [1.82, 2.24) is 9.80 Å². The number of carbonyl (C=O) groups is 1. The quantitative estimate of drug-likeness (QED) is 0.565. The molecule has 168 valence electrons. The summed E-state index contributed by atoms with van der Waals surface area (Å²) in [5.74, 6) is 2.02. The number of methoxy groups -OCH3 is 1. The van der Waals surface area contributed by atoms with Crippen molar-refractivity contribution in [1.29, 1.82) is 0 Å². The second-order valence-corrected chi connectivity index (χ2v) is 8.14. The van der Waals surface area contributed by atoms with Gasteiger partial charge in [-0.1, -0.05) is 24.3 Å². The third kappa shape index (κ3) is 3.91. The molecule has 7 heteroatoms. The van der Waals surface area contributed by atoms with E-state index in [-0.39, 0.29) is 17.5 Å². The van der Waals surface area contributed by atoms with Crippen molar-refractivity contribution in [3.63, 3.8) is 0 Å². The Kier molecular flexibility index (Phi) is 5.46. The van der Waals surface area contributed by atoms with Crippen molar-refractivity contribution in [3.05, 3.63) is 83.7 Å². The number of rotatable bonds is 2. The highest BCUT2D eigenvalue weighted by molar-refractivity contribution is 6.04. The molecule has 3 aromatic rings. The third-order valence-corrected chi connectivity index (χ3v) is 6.03. The number of carbonyl (C=O) groups excluding carboxylic acids is 1. The molecule has 2 aliphatic heterocycles. The molecule has 0 saturated carbocycles. The molecular weight excluding hydrogens is 421 g/mol. The van der Waals surface area contributed by atoms with Gasteiger partial charge in [-0.3, -0.25) is 4.79 Å². The molecule has 33 heavy (non-hydrogen) atoms. The zero-order valence-corrected chi connectivity index (χ0v) is 18.5. The summed E-state index contributed by atoms with van der Waals surface area (Å²) < 4.78 is 25.8. The first-order chi connectivity index (χ1) is 16.0. The number of para-hydroxylation sites is 2.